The summed E-state index contributed by atoms with van der Waals surface area (Å²) in [6, 6.07) is 3.65. The van der Waals surface area contributed by atoms with Gasteiger partial charge in [0, 0.05) is 13.1 Å². The fraction of sp³-hybridized carbons (Fsp3) is 0.462. The van der Waals surface area contributed by atoms with Crippen LogP contribution in [0.3, 0.4) is 0 Å². The van der Waals surface area contributed by atoms with Crippen molar-refractivity contribution in [3.8, 4) is 5.75 Å². The van der Waals surface area contributed by atoms with Crippen molar-refractivity contribution in [1.29, 1.82) is 0 Å². The lowest BCUT2D eigenvalue weighted by Gasteiger charge is -2.32. The summed E-state index contributed by atoms with van der Waals surface area (Å²) >= 11 is 0. The molecule has 3 N–H and O–H groups in total. The molecule has 0 bridgehead atoms. The molecule has 21 heavy (non-hydrogen) atoms. The maximum absolute atomic E-state index is 11.2. The number of methoxy groups -OCH3 is 1. The molecule has 0 radical (unpaired) electrons. The predicted molar refractivity (Wildman–Crippen MR) is 76.5 cm³/mol. The standard InChI is InChI=1S/C13H17N5O3/c1-21-9-4-5-10(18-11(9)15-13(14)16-18)17-6-2-3-8(7-17)12(19)20/h4-5,8H,2-3,6-7H2,1H3,(H2,14,16)(H,19,20). The van der Waals surface area contributed by atoms with Gasteiger partial charge in [-0.1, -0.05) is 0 Å². The lowest BCUT2D eigenvalue weighted by Crippen LogP contribution is -2.39. The van der Waals surface area contributed by atoms with E-state index in [0.29, 0.717) is 24.4 Å². The van der Waals surface area contributed by atoms with E-state index in [0.717, 1.165) is 18.8 Å². The molecule has 3 heterocycles. The van der Waals surface area contributed by atoms with E-state index >= 15 is 0 Å². The van der Waals surface area contributed by atoms with Gasteiger partial charge < -0.3 is 20.5 Å². The molecule has 1 fully saturated rings. The molecule has 1 aliphatic heterocycles. The van der Waals surface area contributed by atoms with Crippen molar-refractivity contribution in [3.63, 3.8) is 0 Å². The molecule has 1 saturated heterocycles. The summed E-state index contributed by atoms with van der Waals surface area (Å²) in [5.41, 5.74) is 6.21. The normalized spacial score (nSPS) is 18.9. The Kier molecular flexibility index (Phi) is 3.28. The quantitative estimate of drug-likeness (QED) is 0.853. The van der Waals surface area contributed by atoms with Crippen LogP contribution in [-0.4, -0.2) is 45.9 Å². The molecule has 0 saturated carbocycles. The van der Waals surface area contributed by atoms with Gasteiger partial charge in [0.05, 0.1) is 13.0 Å². The second-order valence-corrected chi connectivity index (χ2v) is 5.09. The van der Waals surface area contributed by atoms with Crippen LogP contribution in [0.5, 0.6) is 5.75 Å². The number of hydrogen-bond donors (Lipinski definition) is 2. The molecule has 1 unspecified atom stereocenters. The Morgan fingerprint density at radius 1 is 1.52 bits per heavy atom. The number of rotatable bonds is 3. The van der Waals surface area contributed by atoms with Gasteiger partial charge in [0.15, 0.2) is 5.75 Å². The fourth-order valence-corrected chi connectivity index (χ4v) is 2.73. The van der Waals surface area contributed by atoms with Gasteiger partial charge in [-0.3, -0.25) is 4.79 Å². The maximum Gasteiger partial charge on any atom is 0.308 e. The van der Waals surface area contributed by atoms with Gasteiger partial charge in [0.25, 0.3) is 0 Å². The van der Waals surface area contributed by atoms with Crippen molar-refractivity contribution < 1.29 is 14.6 Å². The Morgan fingerprint density at radius 3 is 3.05 bits per heavy atom. The topological polar surface area (TPSA) is 106 Å². The molecular weight excluding hydrogens is 274 g/mol. The average Bonchev–Trinajstić information content (AvgIpc) is 2.87. The molecule has 112 valence electrons. The molecule has 8 heteroatoms. The van der Waals surface area contributed by atoms with Crippen LogP contribution in [0.25, 0.3) is 5.65 Å². The Labute approximate surface area is 121 Å². The largest absolute Gasteiger partial charge is 0.493 e. The summed E-state index contributed by atoms with van der Waals surface area (Å²) in [7, 11) is 1.56. The van der Waals surface area contributed by atoms with Crippen LogP contribution in [0.4, 0.5) is 11.8 Å². The lowest BCUT2D eigenvalue weighted by atomic mass is 9.98. The first-order valence-corrected chi connectivity index (χ1v) is 6.77. The van der Waals surface area contributed by atoms with Gasteiger partial charge >= 0.3 is 5.97 Å². The molecular formula is C13H17N5O3. The van der Waals surface area contributed by atoms with Crippen molar-refractivity contribution in [2.45, 2.75) is 12.8 Å². The monoisotopic (exact) mass is 291 g/mol. The van der Waals surface area contributed by atoms with Crippen LogP contribution in [0.1, 0.15) is 12.8 Å². The Balaban J connectivity index is 2.02. The minimum atomic E-state index is -0.762. The minimum Gasteiger partial charge on any atom is -0.493 e. The van der Waals surface area contributed by atoms with Crippen LogP contribution < -0.4 is 15.4 Å². The highest BCUT2D eigenvalue weighted by atomic mass is 16.5. The predicted octanol–water partition coefficient (Wildman–Crippen LogP) is 0.621. The van der Waals surface area contributed by atoms with E-state index in [1.165, 1.54) is 0 Å². The molecule has 2 aromatic heterocycles. The highest BCUT2D eigenvalue weighted by Crippen LogP contribution is 2.28. The number of carbonyl (C=O) groups is 1. The van der Waals surface area contributed by atoms with Crippen LogP contribution in [0.2, 0.25) is 0 Å². The summed E-state index contributed by atoms with van der Waals surface area (Å²) in [4.78, 5) is 17.4. The molecule has 3 rings (SSSR count). The van der Waals surface area contributed by atoms with Crippen LogP contribution in [0.15, 0.2) is 12.1 Å². The third kappa shape index (κ3) is 2.32. The highest BCUT2D eigenvalue weighted by Gasteiger charge is 2.27. The number of pyridine rings is 1. The molecule has 1 aliphatic rings. The summed E-state index contributed by atoms with van der Waals surface area (Å²) < 4.78 is 6.86. The number of ether oxygens (including phenoxy) is 1. The van der Waals surface area contributed by atoms with Gasteiger partial charge in [-0.25, -0.2) is 0 Å². The number of carboxylic acid groups (broad SMARTS) is 1. The van der Waals surface area contributed by atoms with Gasteiger partial charge in [0.1, 0.15) is 5.82 Å². The molecule has 0 spiro atoms. The van der Waals surface area contributed by atoms with Crippen molar-refractivity contribution >= 4 is 23.4 Å². The number of aromatic nitrogens is 3. The van der Waals surface area contributed by atoms with E-state index in [-0.39, 0.29) is 11.9 Å². The number of fused-ring (bicyclic) bond motifs is 1. The number of nitrogens with two attached hydrogens (primary N) is 1. The van der Waals surface area contributed by atoms with E-state index in [1.54, 1.807) is 17.7 Å². The fourth-order valence-electron chi connectivity index (χ4n) is 2.73. The molecule has 2 aromatic rings. The van der Waals surface area contributed by atoms with Gasteiger partial charge in [0.2, 0.25) is 11.6 Å². The smallest absolute Gasteiger partial charge is 0.308 e. The second-order valence-electron chi connectivity index (χ2n) is 5.09. The third-order valence-electron chi connectivity index (χ3n) is 3.76. The Morgan fingerprint density at radius 2 is 2.33 bits per heavy atom. The molecule has 0 aliphatic carbocycles. The first-order chi connectivity index (χ1) is 10.1. The summed E-state index contributed by atoms with van der Waals surface area (Å²) in [5, 5.41) is 13.4. The summed E-state index contributed by atoms with van der Waals surface area (Å²) in [5.74, 6) is 0.391. The number of aliphatic carboxylic acids is 1. The SMILES string of the molecule is COc1ccc(N2CCCC(C(=O)O)C2)n2nc(N)nc12. The van der Waals surface area contributed by atoms with E-state index in [4.69, 9.17) is 10.5 Å². The van der Waals surface area contributed by atoms with Crippen molar-refractivity contribution in [2.24, 2.45) is 5.92 Å². The molecule has 0 aromatic carbocycles. The van der Waals surface area contributed by atoms with Gasteiger partial charge in [-0.05, 0) is 25.0 Å². The molecule has 1 atom stereocenters. The average molecular weight is 291 g/mol. The summed E-state index contributed by atoms with van der Waals surface area (Å²) in [6.07, 6.45) is 1.53. The number of nitrogen functional groups attached to an aromatic ring is 1. The number of anilines is 2. The number of carboxylic acids is 1. The lowest BCUT2D eigenvalue weighted by molar-refractivity contribution is -0.141. The number of hydrogen-bond acceptors (Lipinski definition) is 6. The van der Waals surface area contributed by atoms with Crippen LogP contribution in [0, 0.1) is 5.92 Å². The second kappa shape index (κ2) is 5.12. The zero-order chi connectivity index (χ0) is 15.0. The number of nitrogens with zero attached hydrogens (tertiary/aromatic N) is 4. The van der Waals surface area contributed by atoms with E-state index in [1.807, 2.05) is 11.0 Å². The highest BCUT2D eigenvalue weighted by molar-refractivity contribution is 5.71. The van der Waals surface area contributed by atoms with E-state index in [9.17, 15) is 9.90 Å². The van der Waals surface area contributed by atoms with Crippen molar-refractivity contribution in [3.05, 3.63) is 12.1 Å². The van der Waals surface area contributed by atoms with Gasteiger partial charge in [-0.2, -0.15) is 9.50 Å². The van der Waals surface area contributed by atoms with Gasteiger partial charge in [-0.15, -0.1) is 5.10 Å². The minimum absolute atomic E-state index is 0.160. The zero-order valence-corrected chi connectivity index (χ0v) is 11.7. The first kappa shape index (κ1) is 13.5. The third-order valence-corrected chi connectivity index (χ3v) is 3.76. The summed E-state index contributed by atoms with van der Waals surface area (Å²) in [6.45, 7) is 1.24. The Bertz CT molecular complexity index is 684. The van der Waals surface area contributed by atoms with Crippen LogP contribution >= 0.6 is 0 Å². The molecule has 8 nitrogen and oxygen atoms in total. The van der Waals surface area contributed by atoms with Crippen molar-refractivity contribution in [1.82, 2.24) is 14.6 Å². The van der Waals surface area contributed by atoms with Crippen LogP contribution in [-0.2, 0) is 4.79 Å². The molecule has 0 amide bonds. The van der Waals surface area contributed by atoms with E-state index < -0.39 is 5.97 Å². The maximum atomic E-state index is 11.2. The Hall–Kier alpha value is -2.51. The zero-order valence-electron chi connectivity index (χ0n) is 11.7. The van der Waals surface area contributed by atoms with Crippen molar-refractivity contribution in [2.75, 3.05) is 30.8 Å². The number of piperidine rings is 1. The first-order valence-electron chi connectivity index (χ1n) is 6.77. The van der Waals surface area contributed by atoms with E-state index in [2.05, 4.69) is 10.1 Å².